The maximum atomic E-state index is 6.27. The number of hydrogen-bond donors (Lipinski definition) is 3. The van der Waals surface area contributed by atoms with E-state index >= 15 is 0 Å². The highest BCUT2D eigenvalue weighted by Crippen LogP contribution is 2.39. The molecule has 7 nitrogen and oxygen atoms in total. The average molecular weight is 471 g/mol. The van der Waals surface area contributed by atoms with E-state index in [1.165, 1.54) is 37.8 Å². The van der Waals surface area contributed by atoms with Crippen LogP contribution in [0.4, 0.5) is 5.82 Å². The summed E-state index contributed by atoms with van der Waals surface area (Å²) in [6.07, 6.45) is 7.85. The fourth-order valence-electron chi connectivity index (χ4n) is 4.93. The number of nitrogens with one attached hydrogen (secondary N) is 2. The third-order valence-electron chi connectivity index (χ3n) is 6.74. The van der Waals surface area contributed by atoms with Gasteiger partial charge in [-0.2, -0.15) is 5.10 Å². The van der Waals surface area contributed by atoms with Crippen molar-refractivity contribution in [2.45, 2.75) is 38.0 Å². The van der Waals surface area contributed by atoms with E-state index in [1.807, 2.05) is 47.0 Å². The van der Waals surface area contributed by atoms with Crippen LogP contribution in [0.25, 0.3) is 16.6 Å². The van der Waals surface area contributed by atoms with Gasteiger partial charge < -0.3 is 21.1 Å². The van der Waals surface area contributed by atoms with Gasteiger partial charge in [-0.25, -0.2) is 9.50 Å². The van der Waals surface area contributed by atoms with Crippen LogP contribution in [0.15, 0.2) is 67.0 Å². The van der Waals surface area contributed by atoms with E-state index < -0.39 is 0 Å². The first-order valence-corrected chi connectivity index (χ1v) is 12.7. The van der Waals surface area contributed by atoms with Crippen LogP contribution in [0.5, 0.6) is 11.5 Å². The molecule has 0 bridgehead atoms. The normalized spacial score (nSPS) is 16.5. The molecule has 2 fully saturated rings. The molecule has 1 aliphatic heterocycles. The number of piperazine rings is 1. The van der Waals surface area contributed by atoms with E-state index in [1.54, 1.807) is 6.33 Å². The molecule has 0 spiro atoms. The zero-order chi connectivity index (χ0) is 23.9. The number of rotatable bonds is 4. The minimum atomic E-state index is 0.515. The summed E-state index contributed by atoms with van der Waals surface area (Å²) in [5.74, 6) is 2.67. The third-order valence-corrected chi connectivity index (χ3v) is 6.74. The molecule has 182 valence electrons. The van der Waals surface area contributed by atoms with Gasteiger partial charge in [0.05, 0.1) is 0 Å². The molecule has 1 saturated carbocycles. The molecule has 0 amide bonds. The largest absolute Gasteiger partial charge is 0.457 e. The van der Waals surface area contributed by atoms with Gasteiger partial charge in [-0.3, -0.25) is 0 Å². The van der Waals surface area contributed by atoms with Crippen molar-refractivity contribution in [3.8, 4) is 22.6 Å². The van der Waals surface area contributed by atoms with Crippen molar-refractivity contribution in [3.05, 3.63) is 72.7 Å². The minimum Gasteiger partial charge on any atom is -0.457 e. The number of benzene rings is 2. The van der Waals surface area contributed by atoms with Crippen molar-refractivity contribution in [3.63, 3.8) is 0 Å². The molecule has 2 aromatic carbocycles. The maximum Gasteiger partial charge on any atom is 0.151 e. The van der Waals surface area contributed by atoms with Gasteiger partial charge in [0, 0.05) is 43.4 Å². The fraction of sp³-hybridized carbons (Fsp3) is 0.357. The highest BCUT2D eigenvalue weighted by molar-refractivity contribution is 5.88. The number of aromatic nitrogens is 3. The van der Waals surface area contributed by atoms with Crippen LogP contribution >= 0.6 is 0 Å². The highest BCUT2D eigenvalue weighted by atomic mass is 16.5. The summed E-state index contributed by atoms with van der Waals surface area (Å²) in [4.78, 5) is 4.25. The Morgan fingerprint density at radius 2 is 1.49 bits per heavy atom. The SMILES string of the molecule is C1CNCCN1.Nc1ncnn2c(C3CCCCC3)cc(-c3ccc(Oc4ccccc4)cc3)c12. The number of anilines is 1. The molecule has 2 aromatic heterocycles. The quantitative estimate of drug-likeness (QED) is 0.389. The average Bonchev–Trinajstić information content (AvgIpc) is 3.33. The van der Waals surface area contributed by atoms with Crippen LogP contribution in [-0.2, 0) is 0 Å². The summed E-state index contributed by atoms with van der Waals surface area (Å²) in [5.41, 5.74) is 10.6. The monoisotopic (exact) mass is 470 g/mol. The summed E-state index contributed by atoms with van der Waals surface area (Å²) < 4.78 is 7.93. The lowest BCUT2D eigenvalue weighted by molar-refractivity contribution is 0.431. The molecule has 1 aliphatic carbocycles. The van der Waals surface area contributed by atoms with Gasteiger partial charge in [0.1, 0.15) is 23.3 Å². The van der Waals surface area contributed by atoms with Crippen LogP contribution < -0.4 is 21.1 Å². The Hall–Kier alpha value is -3.42. The standard InChI is InChI=1S/C24H24N4O.C4H10N2/c25-24-23-21(15-22(28(23)27-16-26-24)18-7-3-1-4-8-18)17-11-13-20(14-12-17)29-19-9-5-2-6-10-19;1-2-6-4-3-5-1/h2,5-6,9-16,18H,1,3-4,7-8H2,(H2,25,26,27);5-6H,1-4H2. The van der Waals surface area contributed by atoms with Crippen LogP contribution in [0, 0.1) is 0 Å². The molecule has 0 atom stereocenters. The lowest BCUT2D eigenvalue weighted by Crippen LogP contribution is -2.39. The van der Waals surface area contributed by atoms with Crippen molar-refractivity contribution < 1.29 is 4.74 Å². The summed E-state index contributed by atoms with van der Waals surface area (Å²) >= 11 is 0. The third kappa shape index (κ3) is 5.63. The second-order valence-electron chi connectivity index (χ2n) is 9.16. The molecule has 3 heterocycles. The van der Waals surface area contributed by atoms with Gasteiger partial charge in [-0.05, 0) is 48.7 Å². The molecular formula is C28H34N6O. The highest BCUT2D eigenvalue weighted by Gasteiger charge is 2.23. The first-order valence-electron chi connectivity index (χ1n) is 12.7. The summed E-state index contributed by atoms with van der Waals surface area (Å²) in [7, 11) is 0. The Balaban J connectivity index is 0.000000371. The van der Waals surface area contributed by atoms with Gasteiger partial charge in [-0.1, -0.05) is 49.6 Å². The van der Waals surface area contributed by atoms with E-state index in [9.17, 15) is 0 Å². The van der Waals surface area contributed by atoms with E-state index in [0.717, 1.165) is 54.3 Å². The molecule has 6 rings (SSSR count). The maximum absolute atomic E-state index is 6.27. The van der Waals surface area contributed by atoms with Crippen LogP contribution in [0.2, 0.25) is 0 Å². The van der Waals surface area contributed by atoms with Crippen LogP contribution in [0.3, 0.4) is 0 Å². The lowest BCUT2D eigenvalue weighted by atomic mass is 9.87. The molecule has 0 unspecified atom stereocenters. The molecule has 1 saturated heterocycles. The van der Waals surface area contributed by atoms with Gasteiger partial charge >= 0.3 is 0 Å². The first-order chi connectivity index (χ1) is 17.3. The first kappa shape index (κ1) is 23.3. The molecule has 7 heteroatoms. The lowest BCUT2D eigenvalue weighted by Gasteiger charge is -2.21. The molecule has 35 heavy (non-hydrogen) atoms. The molecule has 4 aromatic rings. The van der Waals surface area contributed by atoms with Gasteiger partial charge in [0.2, 0.25) is 0 Å². The second-order valence-corrected chi connectivity index (χ2v) is 9.16. The van der Waals surface area contributed by atoms with Crippen LogP contribution in [0.1, 0.15) is 43.7 Å². The van der Waals surface area contributed by atoms with Gasteiger partial charge in [0.15, 0.2) is 5.82 Å². The number of ether oxygens (including phenoxy) is 1. The number of nitrogens with zero attached hydrogens (tertiary/aromatic N) is 3. The molecule has 4 N–H and O–H groups in total. The number of hydrogen-bond acceptors (Lipinski definition) is 6. The van der Waals surface area contributed by atoms with Gasteiger partial charge in [0.25, 0.3) is 0 Å². The Morgan fingerprint density at radius 3 is 2.14 bits per heavy atom. The van der Waals surface area contributed by atoms with Crippen molar-refractivity contribution in [2.75, 3.05) is 31.9 Å². The smallest absolute Gasteiger partial charge is 0.151 e. The predicted molar refractivity (Wildman–Crippen MR) is 141 cm³/mol. The Morgan fingerprint density at radius 1 is 0.829 bits per heavy atom. The zero-order valence-electron chi connectivity index (χ0n) is 20.1. The molecular weight excluding hydrogens is 436 g/mol. The van der Waals surface area contributed by atoms with E-state index in [0.29, 0.717) is 11.7 Å². The minimum absolute atomic E-state index is 0.515. The zero-order valence-corrected chi connectivity index (χ0v) is 20.1. The predicted octanol–water partition coefficient (Wildman–Crippen LogP) is 5.00. The molecule has 2 aliphatic rings. The fourth-order valence-corrected chi connectivity index (χ4v) is 4.93. The van der Waals surface area contributed by atoms with E-state index in [4.69, 9.17) is 10.5 Å². The number of nitrogen functional groups attached to an aromatic ring is 1. The van der Waals surface area contributed by atoms with Crippen molar-refractivity contribution >= 4 is 11.3 Å². The topological polar surface area (TPSA) is 89.5 Å². The van der Waals surface area contributed by atoms with E-state index in [2.05, 4.69) is 38.9 Å². The second kappa shape index (κ2) is 11.3. The van der Waals surface area contributed by atoms with E-state index in [-0.39, 0.29) is 0 Å². The number of fused-ring (bicyclic) bond motifs is 1. The van der Waals surface area contributed by atoms with Crippen molar-refractivity contribution in [1.82, 2.24) is 25.2 Å². The number of nitrogens with two attached hydrogens (primary N) is 1. The Bertz CT molecular complexity index is 1200. The van der Waals surface area contributed by atoms with Crippen molar-refractivity contribution in [2.24, 2.45) is 0 Å². The van der Waals surface area contributed by atoms with Gasteiger partial charge in [-0.15, -0.1) is 0 Å². The summed E-state index contributed by atoms with van der Waals surface area (Å²) in [6.45, 7) is 4.56. The van der Waals surface area contributed by atoms with Crippen molar-refractivity contribution in [1.29, 1.82) is 0 Å². The number of para-hydroxylation sites is 1. The summed E-state index contributed by atoms with van der Waals surface area (Å²) in [5, 5.41) is 11.0. The Labute approximate surface area is 206 Å². The molecule has 0 radical (unpaired) electrons. The van der Waals surface area contributed by atoms with Crippen LogP contribution in [-0.4, -0.2) is 40.8 Å². The summed E-state index contributed by atoms with van der Waals surface area (Å²) in [6, 6.07) is 20.2. The Kier molecular flexibility index (Phi) is 7.56.